The molecule has 1 heterocycles. The first kappa shape index (κ1) is 15.3. The summed E-state index contributed by atoms with van der Waals surface area (Å²) in [6, 6.07) is 3.69. The molecule has 0 radical (unpaired) electrons. The maximum absolute atomic E-state index is 12.6. The summed E-state index contributed by atoms with van der Waals surface area (Å²) < 4.78 is 69.0. The van der Waals surface area contributed by atoms with Gasteiger partial charge in [0.05, 0.1) is 17.1 Å². The summed E-state index contributed by atoms with van der Waals surface area (Å²) in [5.74, 6) is 0.0653. The van der Waals surface area contributed by atoms with Crippen LogP contribution in [0.5, 0.6) is 0 Å². The fraction of sp³-hybridized carbons (Fsp3) is 0.500. The van der Waals surface area contributed by atoms with Crippen LogP contribution in [0.15, 0.2) is 29.2 Å². The van der Waals surface area contributed by atoms with Crippen molar-refractivity contribution in [3.8, 4) is 0 Å². The number of alkyl halides is 3. The lowest BCUT2D eigenvalue weighted by atomic mass is 10.1. The Labute approximate surface area is 115 Å². The van der Waals surface area contributed by atoms with Gasteiger partial charge in [-0.25, -0.2) is 13.1 Å². The molecule has 2 rings (SSSR count). The maximum Gasteiger partial charge on any atom is 0.416 e. The zero-order chi connectivity index (χ0) is 14.8. The first-order chi connectivity index (χ1) is 9.29. The third kappa shape index (κ3) is 3.71. The van der Waals surface area contributed by atoms with Gasteiger partial charge in [0.15, 0.2) is 0 Å². The number of rotatable bonds is 4. The summed E-state index contributed by atoms with van der Waals surface area (Å²) in [6.07, 6.45) is -3.82. The van der Waals surface area contributed by atoms with Crippen molar-refractivity contribution in [3.63, 3.8) is 0 Å². The zero-order valence-corrected chi connectivity index (χ0v) is 11.3. The molecule has 112 valence electrons. The highest BCUT2D eigenvalue weighted by molar-refractivity contribution is 7.89. The second-order valence-corrected chi connectivity index (χ2v) is 6.37. The van der Waals surface area contributed by atoms with Crippen LogP contribution in [-0.4, -0.2) is 28.2 Å². The fourth-order valence-electron chi connectivity index (χ4n) is 1.89. The highest BCUT2D eigenvalue weighted by Gasteiger charge is 2.31. The van der Waals surface area contributed by atoms with Crippen molar-refractivity contribution in [3.05, 3.63) is 29.8 Å². The van der Waals surface area contributed by atoms with Crippen LogP contribution >= 0.6 is 0 Å². The van der Waals surface area contributed by atoms with E-state index in [2.05, 4.69) is 4.72 Å². The standard InChI is InChI=1S/C12H14F3NO3S/c13-12(14,15)10-2-1-3-11(6-10)20(17,18)16-7-9-4-5-19-8-9/h1-3,6,9,16H,4-5,7-8H2. The molecule has 4 nitrogen and oxygen atoms in total. The quantitative estimate of drug-likeness (QED) is 0.926. The molecule has 1 N–H and O–H groups in total. The number of hydrogen-bond acceptors (Lipinski definition) is 3. The van der Waals surface area contributed by atoms with E-state index >= 15 is 0 Å². The van der Waals surface area contributed by atoms with Gasteiger partial charge in [-0.1, -0.05) is 6.07 Å². The average Bonchev–Trinajstić information content (AvgIpc) is 2.89. The number of halogens is 3. The smallest absolute Gasteiger partial charge is 0.381 e. The average molecular weight is 309 g/mol. The van der Waals surface area contributed by atoms with E-state index in [1.807, 2.05) is 0 Å². The van der Waals surface area contributed by atoms with Gasteiger partial charge < -0.3 is 4.74 Å². The van der Waals surface area contributed by atoms with Crippen LogP contribution < -0.4 is 4.72 Å². The topological polar surface area (TPSA) is 55.4 Å². The predicted octanol–water partition coefficient (Wildman–Crippen LogP) is 2.02. The largest absolute Gasteiger partial charge is 0.416 e. The van der Waals surface area contributed by atoms with E-state index in [-0.39, 0.29) is 17.4 Å². The lowest BCUT2D eigenvalue weighted by Crippen LogP contribution is -2.29. The van der Waals surface area contributed by atoms with Crippen molar-refractivity contribution in [2.45, 2.75) is 17.5 Å². The van der Waals surface area contributed by atoms with Gasteiger partial charge in [0.1, 0.15) is 0 Å². The molecule has 1 atom stereocenters. The summed E-state index contributed by atoms with van der Waals surface area (Å²) in [5, 5.41) is 0. The van der Waals surface area contributed by atoms with Gasteiger partial charge in [0.25, 0.3) is 0 Å². The van der Waals surface area contributed by atoms with Crippen molar-refractivity contribution in [2.75, 3.05) is 19.8 Å². The molecule has 1 aliphatic heterocycles. The van der Waals surface area contributed by atoms with Crippen molar-refractivity contribution >= 4 is 10.0 Å². The summed E-state index contributed by atoms with van der Waals surface area (Å²) in [7, 11) is -3.94. The molecule has 0 aliphatic carbocycles. The first-order valence-electron chi connectivity index (χ1n) is 6.04. The predicted molar refractivity (Wildman–Crippen MR) is 65.6 cm³/mol. The Bertz CT molecular complexity index is 566. The van der Waals surface area contributed by atoms with Crippen LogP contribution in [0.25, 0.3) is 0 Å². The minimum atomic E-state index is -4.56. The van der Waals surface area contributed by atoms with E-state index in [9.17, 15) is 21.6 Å². The first-order valence-corrected chi connectivity index (χ1v) is 7.52. The van der Waals surface area contributed by atoms with Crippen LogP contribution in [0.2, 0.25) is 0 Å². The van der Waals surface area contributed by atoms with Crippen molar-refractivity contribution < 1.29 is 26.3 Å². The Morgan fingerprint density at radius 1 is 1.35 bits per heavy atom. The zero-order valence-electron chi connectivity index (χ0n) is 10.5. The Morgan fingerprint density at radius 2 is 2.10 bits per heavy atom. The van der Waals surface area contributed by atoms with Crippen LogP contribution in [0.3, 0.4) is 0 Å². The molecule has 1 aliphatic rings. The minimum Gasteiger partial charge on any atom is -0.381 e. The van der Waals surface area contributed by atoms with Crippen molar-refractivity contribution in [2.24, 2.45) is 5.92 Å². The SMILES string of the molecule is O=S(=O)(NCC1CCOC1)c1cccc(C(F)(F)F)c1. The number of hydrogen-bond donors (Lipinski definition) is 1. The summed E-state index contributed by atoms with van der Waals surface area (Å²) >= 11 is 0. The number of benzene rings is 1. The van der Waals surface area contributed by atoms with E-state index in [1.54, 1.807) is 0 Å². The number of ether oxygens (including phenoxy) is 1. The van der Waals surface area contributed by atoms with Gasteiger partial charge in [-0.15, -0.1) is 0 Å². The van der Waals surface area contributed by atoms with E-state index in [4.69, 9.17) is 4.74 Å². The second kappa shape index (κ2) is 5.71. The summed E-state index contributed by atoms with van der Waals surface area (Å²) in [6.45, 7) is 1.21. The van der Waals surface area contributed by atoms with Gasteiger partial charge >= 0.3 is 6.18 Å². The van der Waals surface area contributed by atoms with Crippen molar-refractivity contribution in [1.82, 2.24) is 4.72 Å². The van der Waals surface area contributed by atoms with Gasteiger partial charge in [0.2, 0.25) is 10.0 Å². The van der Waals surface area contributed by atoms with Gasteiger partial charge in [-0.2, -0.15) is 13.2 Å². The Kier molecular flexibility index (Phi) is 4.36. The normalized spacial score (nSPS) is 20.2. The Hall–Kier alpha value is -1.12. The molecule has 20 heavy (non-hydrogen) atoms. The molecule has 1 fully saturated rings. The third-order valence-electron chi connectivity index (χ3n) is 3.06. The van der Waals surface area contributed by atoms with Crippen molar-refractivity contribution in [1.29, 1.82) is 0 Å². The maximum atomic E-state index is 12.6. The number of sulfonamides is 1. The molecule has 0 amide bonds. The lowest BCUT2D eigenvalue weighted by Gasteiger charge is -2.12. The lowest BCUT2D eigenvalue weighted by molar-refractivity contribution is -0.137. The molecular formula is C12H14F3NO3S. The Morgan fingerprint density at radius 3 is 2.70 bits per heavy atom. The molecule has 1 aromatic carbocycles. The molecular weight excluding hydrogens is 295 g/mol. The van der Waals surface area contributed by atoms with E-state index in [0.717, 1.165) is 24.6 Å². The molecule has 1 saturated heterocycles. The number of nitrogens with one attached hydrogen (secondary N) is 1. The third-order valence-corrected chi connectivity index (χ3v) is 4.48. The van der Waals surface area contributed by atoms with Gasteiger partial charge in [-0.05, 0) is 30.5 Å². The van der Waals surface area contributed by atoms with Crippen LogP contribution in [-0.2, 0) is 20.9 Å². The molecule has 0 aromatic heterocycles. The molecule has 0 bridgehead atoms. The van der Waals surface area contributed by atoms with Gasteiger partial charge in [0, 0.05) is 13.2 Å². The fourth-order valence-corrected chi connectivity index (χ4v) is 3.06. The van der Waals surface area contributed by atoms with E-state index < -0.39 is 21.8 Å². The van der Waals surface area contributed by atoms with E-state index in [1.165, 1.54) is 0 Å². The summed E-state index contributed by atoms with van der Waals surface area (Å²) in [4.78, 5) is -0.383. The molecule has 1 aromatic rings. The Balaban J connectivity index is 2.12. The molecule has 8 heteroatoms. The molecule has 1 unspecified atom stereocenters. The van der Waals surface area contributed by atoms with Crippen LogP contribution in [0, 0.1) is 5.92 Å². The highest BCUT2D eigenvalue weighted by Crippen LogP contribution is 2.30. The van der Waals surface area contributed by atoms with Crippen LogP contribution in [0.1, 0.15) is 12.0 Å². The summed E-state index contributed by atoms with van der Waals surface area (Å²) in [5.41, 5.74) is -0.982. The van der Waals surface area contributed by atoms with E-state index in [0.29, 0.717) is 19.3 Å². The highest BCUT2D eigenvalue weighted by atomic mass is 32.2. The molecule has 0 spiro atoms. The minimum absolute atomic E-state index is 0.0653. The monoisotopic (exact) mass is 309 g/mol. The van der Waals surface area contributed by atoms with Crippen LogP contribution in [0.4, 0.5) is 13.2 Å². The molecule has 0 saturated carbocycles. The van der Waals surface area contributed by atoms with Gasteiger partial charge in [-0.3, -0.25) is 0 Å². The second-order valence-electron chi connectivity index (χ2n) is 4.61.